The first-order valence-electron chi connectivity index (χ1n) is 5.72. The van der Waals surface area contributed by atoms with Crippen molar-refractivity contribution in [1.29, 1.82) is 0 Å². The molecule has 2 aliphatic rings. The molecule has 0 spiro atoms. The van der Waals surface area contributed by atoms with E-state index in [0.717, 1.165) is 13.0 Å². The topological polar surface area (TPSA) is 62.6 Å². The third-order valence-electron chi connectivity index (χ3n) is 3.70. The van der Waals surface area contributed by atoms with E-state index >= 15 is 0 Å². The molecule has 1 saturated carbocycles. The zero-order chi connectivity index (χ0) is 12.0. The molecule has 1 aromatic heterocycles. The van der Waals surface area contributed by atoms with Crippen molar-refractivity contribution < 1.29 is 14.0 Å². The Morgan fingerprint density at radius 1 is 1.59 bits per heavy atom. The summed E-state index contributed by atoms with van der Waals surface area (Å²) in [7, 11) is 0. The molecular weight excluding hydrogens is 220 g/mol. The summed E-state index contributed by atoms with van der Waals surface area (Å²) < 4.78 is 5.05. The highest BCUT2D eigenvalue weighted by Crippen LogP contribution is 2.49. The molecule has 17 heavy (non-hydrogen) atoms. The highest BCUT2D eigenvalue weighted by molar-refractivity contribution is 5.92. The number of amides is 2. The number of piperidine rings is 1. The summed E-state index contributed by atoms with van der Waals surface area (Å²) in [4.78, 5) is 24.9. The Morgan fingerprint density at radius 2 is 2.41 bits per heavy atom. The summed E-state index contributed by atoms with van der Waals surface area (Å²) in [5, 5.41) is 2.99. The number of carbonyl (C=O) groups is 2. The molecule has 2 heterocycles. The quantitative estimate of drug-likeness (QED) is 0.816. The van der Waals surface area contributed by atoms with Gasteiger partial charge in [0.1, 0.15) is 0 Å². The van der Waals surface area contributed by atoms with Gasteiger partial charge in [0.25, 0.3) is 5.91 Å². The average Bonchev–Trinajstić information content (AvgIpc) is 2.76. The fourth-order valence-corrected chi connectivity index (χ4v) is 2.61. The lowest BCUT2D eigenvalue weighted by Crippen LogP contribution is -2.43. The molecule has 0 bridgehead atoms. The van der Waals surface area contributed by atoms with Crippen LogP contribution in [0.15, 0.2) is 22.8 Å². The number of hydrogen-bond acceptors (Lipinski definition) is 3. The van der Waals surface area contributed by atoms with Crippen molar-refractivity contribution in [3.8, 4) is 0 Å². The van der Waals surface area contributed by atoms with Crippen molar-refractivity contribution in [3.05, 3.63) is 24.2 Å². The molecule has 0 aromatic carbocycles. The lowest BCUT2D eigenvalue weighted by atomic mass is 10.2. The number of furan rings is 1. The van der Waals surface area contributed by atoms with Crippen LogP contribution >= 0.6 is 0 Å². The van der Waals surface area contributed by atoms with Gasteiger partial charge in [0, 0.05) is 25.9 Å². The molecular formula is C12H14N2O3. The van der Waals surface area contributed by atoms with Crippen LogP contribution in [0.5, 0.6) is 0 Å². The van der Waals surface area contributed by atoms with Crippen molar-refractivity contribution in [1.82, 2.24) is 10.2 Å². The Kier molecular flexibility index (Phi) is 2.05. The summed E-state index contributed by atoms with van der Waals surface area (Å²) in [6.45, 7) is 2.94. The number of likely N-dealkylation sites (tertiary alicyclic amines) is 1. The van der Waals surface area contributed by atoms with Gasteiger partial charge in [0.15, 0.2) is 5.76 Å². The molecule has 0 radical (unpaired) electrons. The second-order valence-corrected chi connectivity index (χ2v) is 4.89. The molecule has 90 valence electrons. The fourth-order valence-electron chi connectivity index (χ4n) is 2.61. The van der Waals surface area contributed by atoms with Crippen LogP contribution < -0.4 is 5.32 Å². The van der Waals surface area contributed by atoms with E-state index in [1.165, 1.54) is 6.26 Å². The Labute approximate surface area is 98.8 Å². The fraction of sp³-hybridized carbons (Fsp3) is 0.500. The number of carbonyl (C=O) groups excluding carboxylic acids is 2. The molecule has 1 saturated heterocycles. The van der Waals surface area contributed by atoms with Crippen LogP contribution in [0.2, 0.25) is 0 Å². The Hall–Kier alpha value is -1.78. The minimum Gasteiger partial charge on any atom is -0.459 e. The van der Waals surface area contributed by atoms with Crippen molar-refractivity contribution in [2.45, 2.75) is 18.9 Å². The van der Waals surface area contributed by atoms with Crippen molar-refractivity contribution >= 4 is 11.8 Å². The van der Waals surface area contributed by atoms with Crippen molar-refractivity contribution in [3.63, 3.8) is 0 Å². The van der Waals surface area contributed by atoms with E-state index in [2.05, 4.69) is 5.32 Å². The molecule has 1 aliphatic heterocycles. The molecule has 3 rings (SSSR count). The second-order valence-electron chi connectivity index (χ2n) is 4.89. The molecule has 1 aliphatic carbocycles. The lowest BCUT2D eigenvalue weighted by molar-refractivity contribution is -0.128. The highest BCUT2D eigenvalue weighted by Gasteiger charge is 2.61. The average molecular weight is 234 g/mol. The normalized spacial score (nSPS) is 29.9. The maximum absolute atomic E-state index is 11.9. The first-order chi connectivity index (χ1) is 8.11. The first-order valence-corrected chi connectivity index (χ1v) is 5.72. The molecule has 2 amide bonds. The molecule has 2 atom stereocenters. The Balaban J connectivity index is 1.68. The number of nitrogens with zero attached hydrogens (tertiary/aromatic N) is 1. The van der Waals surface area contributed by atoms with Crippen LogP contribution in [0.3, 0.4) is 0 Å². The number of hydrogen-bond donors (Lipinski definition) is 1. The molecule has 0 unspecified atom stereocenters. The van der Waals surface area contributed by atoms with E-state index in [9.17, 15) is 9.59 Å². The van der Waals surface area contributed by atoms with E-state index in [-0.39, 0.29) is 17.4 Å². The molecule has 1 N–H and O–H groups in total. The van der Waals surface area contributed by atoms with Gasteiger partial charge in [0.2, 0.25) is 5.91 Å². The first kappa shape index (κ1) is 10.4. The smallest absolute Gasteiger partial charge is 0.287 e. The predicted molar refractivity (Wildman–Crippen MR) is 59.3 cm³/mol. The zero-order valence-corrected chi connectivity index (χ0v) is 9.60. The Bertz CT molecular complexity index is 468. The van der Waals surface area contributed by atoms with E-state index in [0.29, 0.717) is 18.2 Å². The van der Waals surface area contributed by atoms with Gasteiger partial charge in [0.05, 0.1) is 11.8 Å². The van der Waals surface area contributed by atoms with E-state index in [4.69, 9.17) is 4.42 Å². The molecule has 5 heteroatoms. The van der Waals surface area contributed by atoms with Gasteiger partial charge in [-0.1, -0.05) is 0 Å². The van der Waals surface area contributed by atoms with Crippen molar-refractivity contribution in [2.75, 3.05) is 13.1 Å². The SMILES string of the molecule is CC(=O)N1C[C@H]2C[C@]2(NC(=O)c2ccco2)C1. The van der Waals surface area contributed by atoms with Gasteiger partial charge in [-0.05, 0) is 18.6 Å². The standard InChI is InChI=1S/C12H14N2O3/c1-8(15)14-6-9-5-12(9,7-14)13-11(16)10-3-2-4-17-10/h2-4,9H,5-7H2,1H3,(H,13,16)/t9-,12+/m1/s1. The van der Waals surface area contributed by atoms with E-state index in [1.807, 2.05) is 0 Å². The van der Waals surface area contributed by atoms with Gasteiger partial charge >= 0.3 is 0 Å². The summed E-state index contributed by atoms with van der Waals surface area (Å²) >= 11 is 0. The summed E-state index contributed by atoms with van der Waals surface area (Å²) in [6.07, 6.45) is 2.44. The number of nitrogens with one attached hydrogen (secondary N) is 1. The monoisotopic (exact) mass is 234 g/mol. The molecule has 5 nitrogen and oxygen atoms in total. The van der Waals surface area contributed by atoms with Crippen LogP contribution in [0.4, 0.5) is 0 Å². The van der Waals surface area contributed by atoms with E-state index < -0.39 is 0 Å². The molecule has 2 fully saturated rings. The minimum absolute atomic E-state index is 0.0730. The van der Waals surface area contributed by atoms with Gasteiger partial charge in [-0.25, -0.2) is 0 Å². The maximum atomic E-state index is 11.9. The van der Waals surface area contributed by atoms with Crippen LogP contribution in [-0.4, -0.2) is 35.3 Å². The van der Waals surface area contributed by atoms with Gasteiger partial charge < -0.3 is 14.6 Å². The van der Waals surface area contributed by atoms with Crippen LogP contribution in [0.25, 0.3) is 0 Å². The summed E-state index contributed by atoms with van der Waals surface area (Å²) in [5.41, 5.74) is -0.199. The van der Waals surface area contributed by atoms with Gasteiger partial charge in [-0.15, -0.1) is 0 Å². The van der Waals surface area contributed by atoms with Crippen molar-refractivity contribution in [2.24, 2.45) is 5.92 Å². The Morgan fingerprint density at radius 3 is 3.00 bits per heavy atom. The maximum Gasteiger partial charge on any atom is 0.287 e. The molecule has 1 aromatic rings. The largest absolute Gasteiger partial charge is 0.459 e. The number of rotatable bonds is 2. The van der Waals surface area contributed by atoms with Crippen LogP contribution in [-0.2, 0) is 4.79 Å². The van der Waals surface area contributed by atoms with Gasteiger partial charge in [-0.3, -0.25) is 9.59 Å². The van der Waals surface area contributed by atoms with E-state index in [1.54, 1.807) is 24.0 Å². The van der Waals surface area contributed by atoms with Gasteiger partial charge in [-0.2, -0.15) is 0 Å². The second kappa shape index (κ2) is 3.35. The zero-order valence-electron chi connectivity index (χ0n) is 9.60. The summed E-state index contributed by atoms with van der Waals surface area (Å²) in [6, 6.07) is 3.33. The number of fused-ring (bicyclic) bond motifs is 1. The minimum atomic E-state index is -0.199. The summed E-state index contributed by atoms with van der Waals surface area (Å²) in [5.74, 6) is 0.614. The van der Waals surface area contributed by atoms with Crippen LogP contribution in [0.1, 0.15) is 23.9 Å². The predicted octanol–water partition coefficient (Wildman–Crippen LogP) is 0.630. The van der Waals surface area contributed by atoms with Crippen LogP contribution in [0, 0.1) is 5.92 Å². The lowest BCUT2D eigenvalue weighted by Gasteiger charge is -2.19. The third kappa shape index (κ3) is 1.62. The highest BCUT2D eigenvalue weighted by atomic mass is 16.3. The third-order valence-corrected chi connectivity index (χ3v) is 3.70.